The Labute approximate surface area is 107 Å². The Morgan fingerprint density at radius 1 is 1.26 bits per heavy atom. The molecule has 0 spiro atoms. The van der Waals surface area contributed by atoms with Crippen LogP contribution in [-0.2, 0) is 0 Å². The maximum Gasteiger partial charge on any atom is 0.391 e. The van der Waals surface area contributed by atoms with Gasteiger partial charge in [-0.05, 0) is 13.8 Å². The topological polar surface area (TPSA) is 98.0 Å². The summed E-state index contributed by atoms with van der Waals surface area (Å²) in [6.07, 6.45) is -5.27. The fourth-order valence-corrected chi connectivity index (χ4v) is 1.30. The summed E-state index contributed by atoms with van der Waals surface area (Å²) in [5.41, 5.74) is 2.18. The standard InChI is InChI=1S/C9H15F3N6O/c1-3-19-8-16-6(15-7(17-8)18-13)14-5(2)4-9(10,11)12/h5H,3-4,13H2,1-2H3,(H2,14,15,16,17,18). The molecular formula is C9H15F3N6O. The van der Waals surface area contributed by atoms with Crippen LogP contribution in [0, 0.1) is 0 Å². The molecule has 4 N–H and O–H groups in total. The zero-order valence-electron chi connectivity index (χ0n) is 10.5. The summed E-state index contributed by atoms with van der Waals surface area (Å²) in [7, 11) is 0. The van der Waals surface area contributed by atoms with E-state index in [1.165, 1.54) is 6.92 Å². The van der Waals surface area contributed by atoms with Crippen LogP contribution in [0.2, 0.25) is 0 Å². The number of halogens is 3. The number of nitrogens with zero attached hydrogens (tertiary/aromatic N) is 3. The summed E-state index contributed by atoms with van der Waals surface area (Å²) in [6, 6.07) is -0.908. The number of nitrogens with two attached hydrogens (primary N) is 1. The van der Waals surface area contributed by atoms with E-state index in [1.54, 1.807) is 6.92 Å². The highest BCUT2D eigenvalue weighted by Crippen LogP contribution is 2.23. The van der Waals surface area contributed by atoms with Crippen molar-refractivity contribution in [3.63, 3.8) is 0 Å². The van der Waals surface area contributed by atoms with Gasteiger partial charge in [0.15, 0.2) is 0 Å². The first-order valence-electron chi connectivity index (χ1n) is 5.52. The van der Waals surface area contributed by atoms with Crippen LogP contribution in [0.15, 0.2) is 0 Å². The lowest BCUT2D eigenvalue weighted by Gasteiger charge is -2.16. The highest BCUT2D eigenvalue weighted by Gasteiger charge is 2.30. The minimum atomic E-state index is -4.27. The van der Waals surface area contributed by atoms with E-state index in [9.17, 15) is 13.2 Å². The van der Waals surface area contributed by atoms with E-state index in [-0.39, 0.29) is 17.9 Å². The number of hydrazine groups is 1. The second-order valence-corrected chi connectivity index (χ2v) is 3.71. The van der Waals surface area contributed by atoms with Crippen molar-refractivity contribution in [1.29, 1.82) is 0 Å². The predicted molar refractivity (Wildman–Crippen MR) is 62.6 cm³/mol. The quantitative estimate of drug-likeness (QED) is 0.533. The molecule has 0 radical (unpaired) electrons. The van der Waals surface area contributed by atoms with Crippen LogP contribution in [0.1, 0.15) is 20.3 Å². The third kappa shape index (κ3) is 5.55. The molecule has 10 heteroatoms. The number of aromatic nitrogens is 3. The molecule has 0 saturated carbocycles. The first-order chi connectivity index (χ1) is 8.84. The van der Waals surface area contributed by atoms with Crippen molar-refractivity contribution in [3.05, 3.63) is 0 Å². The van der Waals surface area contributed by atoms with Crippen molar-refractivity contribution in [2.24, 2.45) is 5.84 Å². The highest BCUT2D eigenvalue weighted by atomic mass is 19.4. The van der Waals surface area contributed by atoms with Gasteiger partial charge in [-0.25, -0.2) is 5.84 Å². The van der Waals surface area contributed by atoms with Gasteiger partial charge in [0.2, 0.25) is 11.9 Å². The van der Waals surface area contributed by atoms with Crippen LogP contribution < -0.4 is 21.3 Å². The number of anilines is 2. The Hall–Kier alpha value is -1.84. The highest BCUT2D eigenvalue weighted by molar-refractivity contribution is 5.35. The van der Waals surface area contributed by atoms with Gasteiger partial charge in [-0.2, -0.15) is 28.1 Å². The molecule has 0 aliphatic rings. The van der Waals surface area contributed by atoms with E-state index in [0.717, 1.165) is 0 Å². The minimum Gasteiger partial charge on any atom is -0.464 e. The van der Waals surface area contributed by atoms with Crippen LogP contribution in [0.4, 0.5) is 25.1 Å². The minimum absolute atomic E-state index is 0.000147. The SMILES string of the molecule is CCOc1nc(NN)nc(NC(C)CC(F)(F)F)n1. The third-order valence-electron chi connectivity index (χ3n) is 1.93. The molecule has 0 amide bonds. The smallest absolute Gasteiger partial charge is 0.391 e. The molecule has 7 nitrogen and oxygen atoms in total. The Bertz CT molecular complexity index is 413. The van der Waals surface area contributed by atoms with Gasteiger partial charge in [0.25, 0.3) is 0 Å². The monoisotopic (exact) mass is 280 g/mol. The lowest BCUT2D eigenvalue weighted by atomic mass is 10.2. The van der Waals surface area contributed by atoms with E-state index >= 15 is 0 Å². The number of alkyl halides is 3. The van der Waals surface area contributed by atoms with E-state index < -0.39 is 18.6 Å². The van der Waals surface area contributed by atoms with Crippen molar-refractivity contribution < 1.29 is 17.9 Å². The summed E-state index contributed by atoms with van der Waals surface area (Å²) in [5, 5.41) is 2.51. The van der Waals surface area contributed by atoms with Gasteiger partial charge >= 0.3 is 12.2 Å². The number of nitrogens with one attached hydrogen (secondary N) is 2. The molecule has 19 heavy (non-hydrogen) atoms. The van der Waals surface area contributed by atoms with E-state index in [2.05, 4.69) is 25.7 Å². The van der Waals surface area contributed by atoms with Crippen LogP contribution in [0.25, 0.3) is 0 Å². The van der Waals surface area contributed by atoms with Crippen LogP contribution in [-0.4, -0.2) is 33.8 Å². The molecule has 0 aromatic carbocycles. The summed E-state index contributed by atoms with van der Waals surface area (Å²) >= 11 is 0. The van der Waals surface area contributed by atoms with Gasteiger partial charge in [-0.15, -0.1) is 0 Å². The van der Waals surface area contributed by atoms with Crippen molar-refractivity contribution in [3.8, 4) is 6.01 Å². The molecule has 0 aliphatic carbocycles. The first-order valence-corrected chi connectivity index (χ1v) is 5.52. The normalized spacial score (nSPS) is 12.9. The molecule has 1 heterocycles. The van der Waals surface area contributed by atoms with E-state index in [4.69, 9.17) is 10.6 Å². The molecule has 1 unspecified atom stereocenters. The Balaban J connectivity index is 2.79. The number of ether oxygens (including phenoxy) is 1. The second-order valence-electron chi connectivity index (χ2n) is 3.71. The molecule has 0 fully saturated rings. The molecule has 1 aromatic rings. The maximum absolute atomic E-state index is 12.2. The van der Waals surface area contributed by atoms with E-state index in [1.807, 2.05) is 0 Å². The molecule has 1 aromatic heterocycles. The molecule has 108 valence electrons. The molecule has 0 aliphatic heterocycles. The Morgan fingerprint density at radius 3 is 2.42 bits per heavy atom. The average Bonchev–Trinajstić information content (AvgIpc) is 2.26. The van der Waals surface area contributed by atoms with E-state index in [0.29, 0.717) is 6.61 Å². The van der Waals surface area contributed by atoms with Gasteiger partial charge in [0.1, 0.15) is 0 Å². The summed E-state index contributed by atoms with van der Waals surface area (Å²) < 4.78 is 41.7. The largest absolute Gasteiger partial charge is 0.464 e. The van der Waals surface area contributed by atoms with Crippen molar-refractivity contribution in [2.75, 3.05) is 17.3 Å². The van der Waals surface area contributed by atoms with Crippen molar-refractivity contribution in [1.82, 2.24) is 15.0 Å². The maximum atomic E-state index is 12.2. The first kappa shape index (κ1) is 15.2. The Kier molecular flexibility index (Phi) is 5.10. The summed E-state index contributed by atoms with van der Waals surface area (Å²) in [6.45, 7) is 3.40. The van der Waals surface area contributed by atoms with Crippen LogP contribution in [0.5, 0.6) is 6.01 Å². The van der Waals surface area contributed by atoms with Gasteiger partial charge < -0.3 is 10.1 Å². The van der Waals surface area contributed by atoms with Crippen molar-refractivity contribution >= 4 is 11.9 Å². The molecule has 0 bridgehead atoms. The lowest BCUT2D eigenvalue weighted by Crippen LogP contribution is -2.25. The molecule has 0 saturated heterocycles. The fraction of sp³-hybridized carbons (Fsp3) is 0.667. The van der Waals surface area contributed by atoms with Gasteiger partial charge in [0, 0.05) is 6.04 Å². The number of nitrogen functional groups attached to an aromatic ring is 1. The third-order valence-corrected chi connectivity index (χ3v) is 1.93. The number of hydrogen-bond acceptors (Lipinski definition) is 7. The molecule has 1 atom stereocenters. The zero-order valence-corrected chi connectivity index (χ0v) is 10.5. The molecule has 1 rings (SSSR count). The van der Waals surface area contributed by atoms with Crippen LogP contribution >= 0.6 is 0 Å². The number of rotatable bonds is 6. The second kappa shape index (κ2) is 6.36. The average molecular weight is 280 g/mol. The van der Waals surface area contributed by atoms with Crippen molar-refractivity contribution in [2.45, 2.75) is 32.5 Å². The zero-order chi connectivity index (χ0) is 14.5. The number of hydrogen-bond donors (Lipinski definition) is 3. The summed E-state index contributed by atoms with van der Waals surface area (Å²) in [4.78, 5) is 11.4. The lowest BCUT2D eigenvalue weighted by molar-refractivity contribution is -0.136. The molecular weight excluding hydrogens is 265 g/mol. The predicted octanol–water partition coefficient (Wildman–Crippen LogP) is 1.31. The Morgan fingerprint density at radius 2 is 1.89 bits per heavy atom. The van der Waals surface area contributed by atoms with Gasteiger partial charge in [0.05, 0.1) is 13.0 Å². The van der Waals surface area contributed by atoms with Gasteiger partial charge in [-0.1, -0.05) is 0 Å². The van der Waals surface area contributed by atoms with Gasteiger partial charge in [-0.3, -0.25) is 5.43 Å². The fourth-order valence-electron chi connectivity index (χ4n) is 1.30. The van der Waals surface area contributed by atoms with Crippen LogP contribution in [0.3, 0.4) is 0 Å². The summed E-state index contributed by atoms with van der Waals surface area (Å²) in [5.74, 6) is 5.11.